The molecule has 28 heavy (non-hydrogen) atoms. The molecule has 2 heterocycles. The first-order valence-electron chi connectivity index (χ1n) is 9.88. The topological polar surface area (TPSA) is 52.0 Å². The Morgan fingerprint density at radius 3 is 2.75 bits per heavy atom. The van der Waals surface area contributed by atoms with E-state index in [2.05, 4.69) is 13.8 Å². The Morgan fingerprint density at radius 2 is 2.00 bits per heavy atom. The number of hydrogen-bond donors (Lipinski definition) is 0. The molecule has 0 spiro atoms. The minimum absolute atomic E-state index is 0.0536. The number of hydrogen-bond acceptors (Lipinski definition) is 5. The average molecular weight is 413 g/mol. The summed E-state index contributed by atoms with van der Waals surface area (Å²) in [6, 6.07) is 9.35. The summed E-state index contributed by atoms with van der Waals surface area (Å²) in [4.78, 5) is 33.0. The lowest BCUT2D eigenvalue weighted by molar-refractivity contribution is 0.102. The van der Waals surface area contributed by atoms with E-state index in [4.69, 9.17) is 4.98 Å². The molecule has 1 aromatic carbocycles. The molecule has 1 aliphatic carbocycles. The van der Waals surface area contributed by atoms with Crippen LogP contribution >= 0.6 is 23.1 Å². The lowest BCUT2D eigenvalue weighted by Crippen LogP contribution is -2.26. The number of fused-ring (bicyclic) bond motifs is 3. The van der Waals surface area contributed by atoms with Crippen molar-refractivity contribution in [2.45, 2.75) is 57.1 Å². The molecule has 1 aliphatic rings. The van der Waals surface area contributed by atoms with Crippen LogP contribution in [0.1, 0.15) is 60.0 Å². The number of rotatable bonds is 6. The van der Waals surface area contributed by atoms with Crippen molar-refractivity contribution in [3.8, 4) is 0 Å². The van der Waals surface area contributed by atoms with E-state index in [0.29, 0.717) is 10.7 Å². The molecule has 4 nitrogen and oxygen atoms in total. The predicted molar refractivity (Wildman–Crippen MR) is 117 cm³/mol. The molecule has 6 heteroatoms. The Hall–Kier alpha value is -1.92. The van der Waals surface area contributed by atoms with Crippen LogP contribution in [-0.4, -0.2) is 21.1 Å². The van der Waals surface area contributed by atoms with E-state index < -0.39 is 0 Å². The van der Waals surface area contributed by atoms with Crippen molar-refractivity contribution in [3.05, 3.63) is 56.7 Å². The first-order valence-corrected chi connectivity index (χ1v) is 11.7. The molecule has 0 fully saturated rings. The smallest absolute Gasteiger partial charge is 0.263 e. The number of Topliss-reactive ketones (excluding diaryl/α,β-unsaturated/α-hetero) is 1. The molecule has 0 aliphatic heterocycles. The third-order valence-electron chi connectivity index (χ3n) is 5.45. The molecular formula is C22H24N2O2S2. The van der Waals surface area contributed by atoms with Gasteiger partial charge in [-0.05, 0) is 44.6 Å². The normalized spacial score (nSPS) is 14.8. The fourth-order valence-electron chi connectivity index (χ4n) is 3.71. The number of benzene rings is 1. The fraction of sp³-hybridized carbons (Fsp3) is 0.409. The monoisotopic (exact) mass is 412 g/mol. The Kier molecular flexibility index (Phi) is 5.69. The minimum Gasteiger partial charge on any atom is -0.293 e. The molecule has 0 N–H and O–H groups in total. The lowest BCUT2D eigenvalue weighted by atomic mass is 9.97. The van der Waals surface area contributed by atoms with Gasteiger partial charge in [0.1, 0.15) is 4.83 Å². The maximum absolute atomic E-state index is 13.4. The molecule has 0 bridgehead atoms. The second-order valence-electron chi connectivity index (χ2n) is 7.30. The molecule has 3 aromatic rings. The SMILES string of the molecule is CCC(C)n1c(SCC(=O)c2ccccc2)nc2sc3c(c2c1=O)CCCC3. The van der Waals surface area contributed by atoms with Gasteiger partial charge in [0, 0.05) is 16.5 Å². The van der Waals surface area contributed by atoms with E-state index in [0.717, 1.165) is 35.9 Å². The molecular weight excluding hydrogens is 388 g/mol. The Morgan fingerprint density at radius 1 is 1.25 bits per heavy atom. The van der Waals surface area contributed by atoms with Gasteiger partial charge in [0.05, 0.1) is 11.1 Å². The van der Waals surface area contributed by atoms with E-state index in [-0.39, 0.29) is 23.1 Å². The molecule has 0 radical (unpaired) electrons. The number of thioether (sulfide) groups is 1. The summed E-state index contributed by atoms with van der Waals surface area (Å²) in [6.45, 7) is 4.13. The standard InChI is InChI=1S/C22H24N2O2S2/c1-3-14(2)24-21(26)19-16-11-7-8-12-18(16)28-20(19)23-22(24)27-13-17(25)15-9-5-4-6-10-15/h4-6,9-10,14H,3,7-8,11-13H2,1-2H3. The molecule has 146 valence electrons. The lowest BCUT2D eigenvalue weighted by Gasteiger charge is -2.18. The number of aromatic nitrogens is 2. The average Bonchev–Trinajstić information content (AvgIpc) is 3.10. The van der Waals surface area contributed by atoms with Crippen LogP contribution in [0, 0.1) is 0 Å². The van der Waals surface area contributed by atoms with Crippen molar-refractivity contribution in [2.75, 3.05) is 5.75 Å². The quantitative estimate of drug-likeness (QED) is 0.314. The minimum atomic E-state index is 0.0536. The molecule has 4 rings (SSSR count). The van der Waals surface area contributed by atoms with Crippen LogP contribution < -0.4 is 5.56 Å². The van der Waals surface area contributed by atoms with Crippen molar-refractivity contribution < 1.29 is 4.79 Å². The molecule has 1 unspecified atom stereocenters. The fourth-order valence-corrected chi connectivity index (χ4v) is 6.00. The highest BCUT2D eigenvalue weighted by atomic mass is 32.2. The van der Waals surface area contributed by atoms with Crippen molar-refractivity contribution in [1.29, 1.82) is 0 Å². The first kappa shape index (κ1) is 19.4. The maximum Gasteiger partial charge on any atom is 0.263 e. The zero-order valence-electron chi connectivity index (χ0n) is 16.2. The molecule has 0 amide bonds. The summed E-state index contributed by atoms with van der Waals surface area (Å²) in [5.41, 5.74) is 1.98. The van der Waals surface area contributed by atoms with Gasteiger partial charge in [-0.25, -0.2) is 4.98 Å². The van der Waals surface area contributed by atoms with Gasteiger partial charge in [0.25, 0.3) is 5.56 Å². The van der Waals surface area contributed by atoms with Crippen LogP contribution in [0.3, 0.4) is 0 Å². The van der Waals surface area contributed by atoms with Crippen LogP contribution in [0.5, 0.6) is 0 Å². The second kappa shape index (κ2) is 8.21. The third kappa shape index (κ3) is 3.55. The summed E-state index contributed by atoms with van der Waals surface area (Å²) < 4.78 is 1.81. The molecule has 0 saturated carbocycles. The van der Waals surface area contributed by atoms with Gasteiger partial charge in [-0.1, -0.05) is 49.0 Å². The van der Waals surface area contributed by atoms with Gasteiger partial charge in [0.2, 0.25) is 0 Å². The van der Waals surface area contributed by atoms with Crippen LogP contribution in [0.2, 0.25) is 0 Å². The highest BCUT2D eigenvalue weighted by molar-refractivity contribution is 7.99. The van der Waals surface area contributed by atoms with Crippen LogP contribution in [-0.2, 0) is 12.8 Å². The van der Waals surface area contributed by atoms with E-state index in [9.17, 15) is 9.59 Å². The van der Waals surface area contributed by atoms with E-state index in [1.165, 1.54) is 28.6 Å². The number of carbonyl (C=O) groups excluding carboxylic acids is 1. The van der Waals surface area contributed by atoms with Gasteiger partial charge in [-0.3, -0.25) is 14.2 Å². The number of nitrogens with zero attached hydrogens (tertiary/aromatic N) is 2. The van der Waals surface area contributed by atoms with E-state index in [1.807, 2.05) is 34.9 Å². The number of carbonyl (C=O) groups is 1. The number of aryl methyl sites for hydroxylation is 2. The van der Waals surface area contributed by atoms with Crippen molar-refractivity contribution in [3.63, 3.8) is 0 Å². The van der Waals surface area contributed by atoms with Crippen LogP contribution in [0.25, 0.3) is 10.2 Å². The Labute approximate surface area is 173 Å². The third-order valence-corrected chi connectivity index (χ3v) is 7.59. The van der Waals surface area contributed by atoms with E-state index in [1.54, 1.807) is 11.3 Å². The van der Waals surface area contributed by atoms with E-state index >= 15 is 0 Å². The van der Waals surface area contributed by atoms with Crippen molar-refractivity contribution in [2.24, 2.45) is 0 Å². The van der Waals surface area contributed by atoms with Crippen LogP contribution in [0.15, 0.2) is 40.3 Å². The highest BCUT2D eigenvalue weighted by Crippen LogP contribution is 2.35. The van der Waals surface area contributed by atoms with Gasteiger partial charge >= 0.3 is 0 Å². The van der Waals surface area contributed by atoms with Gasteiger partial charge in [-0.2, -0.15) is 0 Å². The van der Waals surface area contributed by atoms with Gasteiger partial charge < -0.3 is 0 Å². The molecule has 2 aromatic heterocycles. The number of thiophene rings is 1. The van der Waals surface area contributed by atoms with Crippen LogP contribution in [0.4, 0.5) is 0 Å². The van der Waals surface area contributed by atoms with Gasteiger partial charge in [-0.15, -0.1) is 11.3 Å². The molecule has 1 atom stereocenters. The second-order valence-corrected chi connectivity index (χ2v) is 9.32. The number of ketones is 1. The summed E-state index contributed by atoms with van der Waals surface area (Å²) >= 11 is 3.04. The summed E-state index contributed by atoms with van der Waals surface area (Å²) in [7, 11) is 0. The predicted octanol–water partition coefficient (Wildman–Crippen LogP) is 5.28. The first-order chi connectivity index (χ1) is 13.6. The largest absolute Gasteiger partial charge is 0.293 e. The van der Waals surface area contributed by atoms with Gasteiger partial charge in [0.15, 0.2) is 10.9 Å². The zero-order valence-corrected chi connectivity index (χ0v) is 17.9. The van der Waals surface area contributed by atoms with Crippen molar-refractivity contribution >= 4 is 39.1 Å². The summed E-state index contributed by atoms with van der Waals surface area (Å²) in [5, 5.41) is 1.48. The highest BCUT2D eigenvalue weighted by Gasteiger charge is 2.24. The Balaban J connectivity index is 1.74. The summed E-state index contributed by atoms with van der Waals surface area (Å²) in [5.74, 6) is 0.338. The Bertz CT molecular complexity index is 1070. The zero-order chi connectivity index (χ0) is 19.7. The molecule has 0 saturated heterocycles. The maximum atomic E-state index is 13.4. The summed E-state index contributed by atoms with van der Waals surface area (Å²) in [6.07, 6.45) is 5.20. The van der Waals surface area contributed by atoms with Crippen molar-refractivity contribution in [1.82, 2.24) is 9.55 Å².